The number of carbonyl (C=O) groups is 1. The summed E-state index contributed by atoms with van der Waals surface area (Å²) in [6, 6.07) is 11.6. The van der Waals surface area contributed by atoms with E-state index in [2.05, 4.69) is 15.9 Å². The van der Waals surface area contributed by atoms with Gasteiger partial charge in [-0.15, -0.1) is 11.3 Å². The summed E-state index contributed by atoms with van der Waals surface area (Å²) in [4.78, 5) is 12.5. The average molecular weight is 293 g/mol. The summed E-state index contributed by atoms with van der Waals surface area (Å²) in [7, 11) is 0. The third kappa shape index (κ3) is 2.90. The van der Waals surface area contributed by atoms with Crippen LogP contribution in [0.3, 0.4) is 0 Å². The largest absolute Gasteiger partial charge is 0.288 e. The molecule has 0 N–H and O–H groups in total. The Balaban J connectivity index is 2.11. The van der Waals surface area contributed by atoms with Crippen molar-refractivity contribution in [3.63, 3.8) is 0 Å². The van der Waals surface area contributed by atoms with Gasteiger partial charge in [0.05, 0.1) is 4.88 Å². The number of ketones is 1. The fourth-order valence-electron chi connectivity index (χ4n) is 1.26. The van der Waals surface area contributed by atoms with E-state index in [4.69, 9.17) is 0 Å². The van der Waals surface area contributed by atoms with Crippen molar-refractivity contribution in [1.82, 2.24) is 0 Å². The maximum Gasteiger partial charge on any atom is 0.195 e. The van der Waals surface area contributed by atoms with Gasteiger partial charge in [0, 0.05) is 9.85 Å². The number of hydrogen-bond donors (Lipinski definition) is 0. The molecule has 0 aliphatic rings. The van der Waals surface area contributed by atoms with E-state index < -0.39 is 0 Å². The number of halogens is 1. The van der Waals surface area contributed by atoms with Crippen LogP contribution in [-0.2, 0) is 0 Å². The van der Waals surface area contributed by atoms with E-state index in [0.29, 0.717) is 0 Å². The van der Waals surface area contributed by atoms with Gasteiger partial charge in [-0.25, -0.2) is 0 Å². The van der Waals surface area contributed by atoms with Crippen molar-refractivity contribution < 1.29 is 4.79 Å². The molecule has 16 heavy (non-hydrogen) atoms. The van der Waals surface area contributed by atoms with Crippen LogP contribution < -0.4 is 0 Å². The maximum atomic E-state index is 11.7. The second kappa shape index (κ2) is 5.23. The molecular formula is C13H9BrOS. The second-order valence-corrected chi connectivity index (χ2v) is 5.06. The summed E-state index contributed by atoms with van der Waals surface area (Å²) in [6.07, 6.45) is 3.43. The van der Waals surface area contributed by atoms with E-state index in [9.17, 15) is 4.79 Å². The van der Waals surface area contributed by atoms with E-state index in [1.54, 1.807) is 6.08 Å². The molecule has 0 saturated heterocycles. The third-order valence-corrected chi connectivity index (χ3v) is 3.74. The molecule has 0 fully saturated rings. The van der Waals surface area contributed by atoms with Crippen molar-refractivity contribution in [3.8, 4) is 0 Å². The summed E-state index contributed by atoms with van der Waals surface area (Å²) >= 11 is 4.78. The van der Waals surface area contributed by atoms with Crippen LogP contribution in [0.25, 0.3) is 6.08 Å². The van der Waals surface area contributed by atoms with Gasteiger partial charge in [0.2, 0.25) is 0 Å². The van der Waals surface area contributed by atoms with Gasteiger partial charge in [0.15, 0.2) is 5.78 Å². The molecule has 80 valence electrons. The first kappa shape index (κ1) is 11.3. The van der Waals surface area contributed by atoms with Crippen LogP contribution in [0.2, 0.25) is 0 Å². The topological polar surface area (TPSA) is 17.1 Å². The van der Waals surface area contributed by atoms with Crippen LogP contribution in [0.15, 0.2) is 52.3 Å². The Morgan fingerprint density at radius 2 is 2.00 bits per heavy atom. The Morgan fingerprint density at radius 1 is 1.25 bits per heavy atom. The van der Waals surface area contributed by atoms with E-state index in [1.807, 2.05) is 47.9 Å². The van der Waals surface area contributed by atoms with Gasteiger partial charge in [-0.2, -0.15) is 0 Å². The van der Waals surface area contributed by atoms with Crippen LogP contribution in [0.4, 0.5) is 0 Å². The molecule has 3 heteroatoms. The molecule has 0 spiro atoms. The van der Waals surface area contributed by atoms with Gasteiger partial charge in [-0.1, -0.05) is 36.4 Å². The number of allylic oxidation sites excluding steroid dienone is 1. The van der Waals surface area contributed by atoms with Crippen molar-refractivity contribution in [3.05, 3.63) is 62.8 Å². The normalized spacial score (nSPS) is 10.8. The SMILES string of the molecule is O=C(/C=C/c1ccccc1)c1cc(Br)cs1. The molecule has 0 aliphatic carbocycles. The predicted molar refractivity (Wildman–Crippen MR) is 71.8 cm³/mol. The van der Waals surface area contributed by atoms with Gasteiger partial charge in [-0.3, -0.25) is 4.79 Å². The monoisotopic (exact) mass is 292 g/mol. The molecule has 2 rings (SSSR count). The van der Waals surface area contributed by atoms with Crippen molar-refractivity contribution >= 4 is 39.1 Å². The Kier molecular flexibility index (Phi) is 3.70. The highest BCUT2D eigenvalue weighted by atomic mass is 79.9. The highest BCUT2D eigenvalue weighted by Gasteiger charge is 2.04. The first-order valence-corrected chi connectivity index (χ1v) is 6.44. The van der Waals surface area contributed by atoms with Crippen molar-refractivity contribution in [2.75, 3.05) is 0 Å². The minimum absolute atomic E-state index is 0.0413. The molecule has 0 radical (unpaired) electrons. The van der Waals surface area contributed by atoms with Crippen LogP contribution in [-0.4, -0.2) is 5.78 Å². The quantitative estimate of drug-likeness (QED) is 0.605. The lowest BCUT2D eigenvalue weighted by molar-refractivity contribution is 0.105. The molecule has 0 unspecified atom stereocenters. The standard InChI is InChI=1S/C13H9BrOS/c14-11-8-13(16-9-11)12(15)7-6-10-4-2-1-3-5-10/h1-9H/b7-6+. The lowest BCUT2D eigenvalue weighted by atomic mass is 10.2. The van der Waals surface area contributed by atoms with Gasteiger partial charge >= 0.3 is 0 Å². The molecule has 2 aromatic rings. The summed E-state index contributed by atoms with van der Waals surface area (Å²) in [5, 5.41) is 1.91. The molecule has 1 heterocycles. The average Bonchev–Trinajstić information content (AvgIpc) is 2.74. The highest BCUT2D eigenvalue weighted by Crippen LogP contribution is 2.20. The van der Waals surface area contributed by atoms with Crippen molar-refractivity contribution in [2.24, 2.45) is 0 Å². The van der Waals surface area contributed by atoms with Gasteiger partial charge in [0.1, 0.15) is 0 Å². The Bertz CT molecular complexity index is 514. The summed E-state index contributed by atoms with van der Waals surface area (Å²) in [6.45, 7) is 0. The molecule has 0 saturated carbocycles. The van der Waals surface area contributed by atoms with Crippen molar-refractivity contribution in [1.29, 1.82) is 0 Å². The minimum Gasteiger partial charge on any atom is -0.288 e. The summed E-state index contributed by atoms with van der Waals surface area (Å²) in [5.41, 5.74) is 1.03. The van der Waals surface area contributed by atoms with Crippen LogP contribution >= 0.6 is 27.3 Å². The van der Waals surface area contributed by atoms with Crippen LogP contribution in [0.1, 0.15) is 15.2 Å². The zero-order valence-electron chi connectivity index (χ0n) is 8.39. The fourth-order valence-corrected chi connectivity index (χ4v) is 2.61. The summed E-state index contributed by atoms with van der Waals surface area (Å²) < 4.78 is 0.953. The van der Waals surface area contributed by atoms with E-state index in [1.165, 1.54) is 11.3 Å². The minimum atomic E-state index is 0.0413. The molecule has 1 aromatic carbocycles. The van der Waals surface area contributed by atoms with Gasteiger partial charge in [-0.05, 0) is 33.6 Å². The predicted octanol–water partition coefficient (Wildman–Crippen LogP) is 4.41. The van der Waals surface area contributed by atoms with E-state index >= 15 is 0 Å². The maximum absolute atomic E-state index is 11.7. The van der Waals surface area contributed by atoms with Gasteiger partial charge in [0.25, 0.3) is 0 Å². The molecule has 1 nitrogen and oxygen atoms in total. The molecule has 1 aromatic heterocycles. The first-order valence-electron chi connectivity index (χ1n) is 4.77. The Hall–Kier alpha value is -1.19. The number of thiophene rings is 1. The van der Waals surface area contributed by atoms with Crippen LogP contribution in [0.5, 0.6) is 0 Å². The number of hydrogen-bond acceptors (Lipinski definition) is 2. The Morgan fingerprint density at radius 3 is 2.62 bits per heavy atom. The third-order valence-electron chi connectivity index (χ3n) is 2.04. The summed E-state index contributed by atoms with van der Waals surface area (Å²) in [5.74, 6) is 0.0413. The molecule has 0 bridgehead atoms. The second-order valence-electron chi connectivity index (χ2n) is 3.24. The highest BCUT2D eigenvalue weighted by molar-refractivity contribution is 9.10. The molecule has 0 amide bonds. The zero-order chi connectivity index (χ0) is 11.4. The van der Waals surface area contributed by atoms with Crippen molar-refractivity contribution in [2.45, 2.75) is 0 Å². The number of carbonyl (C=O) groups excluding carboxylic acids is 1. The fraction of sp³-hybridized carbons (Fsp3) is 0. The molecular weight excluding hydrogens is 284 g/mol. The molecule has 0 atom stereocenters. The number of benzene rings is 1. The smallest absolute Gasteiger partial charge is 0.195 e. The van der Waals surface area contributed by atoms with Crippen LogP contribution in [0, 0.1) is 0 Å². The lowest BCUT2D eigenvalue weighted by Crippen LogP contribution is -1.88. The van der Waals surface area contributed by atoms with Gasteiger partial charge < -0.3 is 0 Å². The molecule has 0 aliphatic heterocycles. The van der Waals surface area contributed by atoms with E-state index in [0.717, 1.165) is 14.9 Å². The lowest BCUT2D eigenvalue weighted by Gasteiger charge is -1.91. The van der Waals surface area contributed by atoms with E-state index in [-0.39, 0.29) is 5.78 Å². The first-order chi connectivity index (χ1) is 7.75. The Labute approximate surface area is 107 Å². The number of rotatable bonds is 3. The zero-order valence-corrected chi connectivity index (χ0v) is 10.8.